The lowest BCUT2D eigenvalue weighted by Gasteiger charge is -2.33. The molecule has 0 bridgehead atoms. The van der Waals surface area contributed by atoms with E-state index < -0.39 is 0 Å². The molecule has 3 aromatic rings. The average molecular weight is 462 g/mol. The fourth-order valence-electron chi connectivity index (χ4n) is 3.60. The van der Waals surface area contributed by atoms with Crippen molar-refractivity contribution in [3.8, 4) is 0 Å². The van der Waals surface area contributed by atoms with E-state index in [1.807, 2.05) is 6.07 Å². The molecule has 1 N–H and O–H groups in total. The van der Waals surface area contributed by atoms with E-state index in [0.29, 0.717) is 35.3 Å². The number of carbonyl (C=O) groups is 1. The number of amides is 1. The second-order valence-electron chi connectivity index (χ2n) is 7.56. The Morgan fingerprint density at radius 2 is 1.84 bits per heavy atom. The zero-order valence-electron chi connectivity index (χ0n) is 17.2. The summed E-state index contributed by atoms with van der Waals surface area (Å²) in [6.07, 6.45) is 7.11. The SMILES string of the molecule is C1CCNC1.O=CN1CCN(c2cnc3cnn(Cc4ccc(Cl)cc4Cl)c3n2)CC1. The van der Waals surface area contributed by atoms with Crippen LogP contribution in [0.4, 0.5) is 5.82 Å². The number of aromatic nitrogens is 4. The summed E-state index contributed by atoms with van der Waals surface area (Å²) in [5.41, 5.74) is 2.34. The molecule has 2 saturated heterocycles. The van der Waals surface area contributed by atoms with Crippen molar-refractivity contribution < 1.29 is 4.79 Å². The van der Waals surface area contributed by atoms with Crippen molar-refractivity contribution in [2.45, 2.75) is 19.4 Å². The van der Waals surface area contributed by atoms with Crippen molar-refractivity contribution in [2.24, 2.45) is 0 Å². The molecule has 2 aromatic heterocycles. The highest BCUT2D eigenvalue weighted by Gasteiger charge is 2.18. The summed E-state index contributed by atoms with van der Waals surface area (Å²) >= 11 is 12.2. The number of nitrogens with one attached hydrogen (secondary N) is 1. The first-order valence-corrected chi connectivity index (χ1v) is 11.2. The van der Waals surface area contributed by atoms with E-state index >= 15 is 0 Å². The van der Waals surface area contributed by atoms with Gasteiger partial charge in [-0.2, -0.15) is 5.10 Å². The highest BCUT2D eigenvalue weighted by molar-refractivity contribution is 6.35. The smallest absolute Gasteiger partial charge is 0.209 e. The van der Waals surface area contributed by atoms with Crippen LogP contribution in [0.25, 0.3) is 11.2 Å². The summed E-state index contributed by atoms with van der Waals surface area (Å²) in [6.45, 7) is 5.81. The van der Waals surface area contributed by atoms with E-state index in [4.69, 9.17) is 28.2 Å². The Labute approximate surface area is 191 Å². The first kappa shape index (κ1) is 21.8. The van der Waals surface area contributed by atoms with E-state index in [1.54, 1.807) is 34.1 Å². The zero-order chi connectivity index (χ0) is 21.6. The fourth-order valence-corrected chi connectivity index (χ4v) is 4.07. The number of anilines is 1. The van der Waals surface area contributed by atoms with Gasteiger partial charge in [-0.05, 0) is 43.6 Å². The van der Waals surface area contributed by atoms with Gasteiger partial charge in [0.25, 0.3) is 0 Å². The Kier molecular flexibility index (Phi) is 7.21. The van der Waals surface area contributed by atoms with Crippen LogP contribution in [0.15, 0.2) is 30.6 Å². The number of rotatable bonds is 4. The molecule has 0 aliphatic carbocycles. The van der Waals surface area contributed by atoms with Crippen LogP contribution in [-0.2, 0) is 11.3 Å². The first-order chi connectivity index (χ1) is 15.1. The number of nitrogens with zero attached hydrogens (tertiary/aromatic N) is 6. The topological polar surface area (TPSA) is 79.2 Å². The Hall–Kier alpha value is -2.42. The molecule has 0 unspecified atom stereocenters. The predicted octanol–water partition coefficient (Wildman–Crippen LogP) is 2.83. The molecule has 0 radical (unpaired) electrons. The van der Waals surface area contributed by atoms with Crippen LogP contribution in [0.3, 0.4) is 0 Å². The lowest BCUT2D eigenvalue weighted by Crippen LogP contribution is -2.46. The number of piperazine rings is 1. The second kappa shape index (κ2) is 10.3. The molecule has 4 heterocycles. The van der Waals surface area contributed by atoms with Gasteiger partial charge in [0, 0.05) is 36.2 Å². The normalized spacial score (nSPS) is 16.3. The average Bonchev–Trinajstić information content (AvgIpc) is 3.49. The van der Waals surface area contributed by atoms with E-state index in [-0.39, 0.29) is 0 Å². The minimum Gasteiger partial charge on any atom is -0.352 e. The first-order valence-electron chi connectivity index (χ1n) is 10.4. The molecule has 164 valence electrons. The molecule has 5 rings (SSSR count). The molecule has 0 atom stereocenters. The van der Waals surface area contributed by atoms with E-state index in [1.165, 1.54) is 25.9 Å². The molecule has 2 fully saturated rings. The van der Waals surface area contributed by atoms with E-state index in [2.05, 4.69) is 20.3 Å². The van der Waals surface area contributed by atoms with Crippen molar-refractivity contribution >= 4 is 46.6 Å². The lowest BCUT2D eigenvalue weighted by molar-refractivity contribution is -0.118. The third-order valence-electron chi connectivity index (χ3n) is 5.41. The molecule has 2 aliphatic rings. The van der Waals surface area contributed by atoms with Gasteiger partial charge in [-0.3, -0.25) is 4.79 Å². The van der Waals surface area contributed by atoms with Gasteiger partial charge in [-0.15, -0.1) is 0 Å². The van der Waals surface area contributed by atoms with Crippen LogP contribution in [0.5, 0.6) is 0 Å². The monoisotopic (exact) mass is 461 g/mol. The third-order valence-corrected chi connectivity index (χ3v) is 6.00. The van der Waals surface area contributed by atoms with E-state index in [9.17, 15) is 4.79 Å². The molecule has 0 saturated carbocycles. The van der Waals surface area contributed by atoms with Crippen LogP contribution >= 0.6 is 23.2 Å². The van der Waals surface area contributed by atoms with Crippen molar-refractivity contribution in [1.82, 2.24) is 30.0 Å². The van der Waals surface area contributed by atoms with Crippen LogP contribution in [0, 0.1) is 0 Å². The fraction of sp³-hybridized carbons (Fsp3) is 0.429. The van der Waals surface area contributed by atoms with Gasteiger partial charge < -0.3 is 15.1 Å². The summed E-state index contributed by atoms with van der Waals surface area (Å²) in [5, 5.41) is 8.81. The molecule has 0 spiro atoms. The maximum absolute atomic E-state index is 10.9. The lowest BCUT2D eigenvalue weighted by atomic mass is 10.2. The number of hydrogen-bond donors (Lipinski definition) is 1. The molecule has 31 heavy (non-hydrogen) atoms. The molecule has 1 aromatic carbocycles. The summed E-state index contributed by atoms with van der Waals surface area (Å²) < 4.78 is 1.78. The standard InChI is InChI=1S/C17H16Cl2N6O.C4H9N/c18-13-2-1-12(14(19)7-13)10-25-17-15(8-21-25)20-9-16(22-17)24-5-3-23(11-26)4-6-24;1-2-4-5-3-1/h1-2,7-9,11H,3-6,10H2;5H,1-4H2. The van der Waals surface area contributed by atoms with Gasteiger partial charge in [0.2, 0.25) is 6.41 Å². The number of benzene rings is 1. The highest BCUT2D eigenvalue weighted by atomic mass is 35.5. The van der Waals surface area contributed by atoms with Gasteiger partial charge in [0.1, 0.15) is 11.3 Å². The Bertz CT molecular complexity index is 1020. The van der Waals surface area contributed by atoms with Gasteiger partial charge in [0.05, 0.1) is 18.9 Å². The van der Waals surface area contributed by atoms with E-state index in [0.717, 1.165) is 36.4 Å². The number of halogens is 2. The van der Waals surface area contributed by atoms with Gasteiger partial charge in [-0.1, -0.05) is 29.3 Å². The van der Waals surface area contributed by atoms with Crippen molar-refractivity contribution in [3.63, 3.8) is 0 Å². The largest absolute Gasteiger partial charge is 0.352 e. The van der Waals surface area contributed by atoms with Crippen molar-refractivity contribution in [2.75, 3.05) is 44.2 Å². The maximum atomic E-state index is 10.9. The molecule has 10 heteroatoms. The Morgan fingerprint density at radius 3 is 2.48 bits per heavy atom. The molecule has 1 amide bonds. The van der Waals surface area contributed by atoms with Crippen molar-refractivity contribution in [3.05, 3.63) is 46.2 Å². The summed E-state index contributed by atoms with van der Waals surface area (Å²) in [7, 11) is 0. The number of fused-ring (bicyclic) bond motifs is 1. The maximum Gasteiger partial charge on any atom is 0.209 e. The van der Waals surface area contributed by atoms with Gasteiger partial charge >= 0.3 is 0 Å². The number of hydrogen-bond acceptors (Lipinski definition) is 6. The summed E-state index contributed by atoms with van der Waals surface area (Å²) in [4.78, 5) is 24.0. The Balaban J connectivity index is 0.000000407. The molecule has 2 aliphatic heterocycles. The number of carbonyl (C=O) groups excluding carboxylic acids is 1. The minimum absolute atomic E-state index is 0.483. The van der Waals surface area contributed by atoms with Crippen LogP contribution in [0.2, 0.25) is 10.0 Å². The quantitative estimate of drug-likeness (QED) is 0.601. The molecular weight excluding hydrogens is 437 g/mol. The van der Waals surface area contributed by atoms with Crippen LogP contribution in [-0.4, -0.2) is 70.3 Å². The zero-order valence-corrected chi connectivity index (χ0v) is 18.7. The second-order valence-corrected chi connectivity index (χ2v) is 8.40. The highest BCUT2D eigenvalue weighted by Crippen LogP contribution is 2.23. The summed E-state index contributed by atoms with van der Waals surface area (Å²) in [5.74, 6) is 0.784. The van der Waals surface area contributed by atoms with Gasteiger partial charge in [0.15, 0.2) is 5.65 Å². The van der Waals surface area contributed by atoms with Gasteiger partial charge in [-0.25, -0.2) is 14.6 Å². The van der Waals surface area contributed by atoms with Crippen molar-refractivity contribution in [1.29, 1.82) is 0 Å². The Morgan fingerprint density at radius 1 is 1.06 bits per heavy atom. The minimum atomic E-state index is 0.483. The van der Waals surface area contributed by atoms with Crippen LogP contribution in [0.1, 0.15) is 18.4 Å². The summed E-state index contributed by atoms with van der Waals surface area (Å²) in [6, 6.07) is 5.40. The third kappa shape index (κ3) is 5.44. The molecule has 8 nitrogen and oxygen atoms in total. The van der Waals surface area contributed by atoms with Crippen LogP contribution < -0.4 is 10.2 Å². The molecular formula is C21H25Cl2N7O. The predicted molar refractivity (Wildman–Crippen MR) is 123 cm³/mol.